The number of anilines is 2. The van der Waals surface area contributed by atoms with Crippen molar-refractivity contribution in [3.05, 3.63) is 41.2 Å². The van der Waals surface area contributed by atoms with Gasteiger partial charge in [-0.05, 0) is 60.6 Å². The molecule has 0 unspecified atom stereocenters. The summed E-state index contributed by atoms with van der Waals surface area (Å²) >= 11 is 0. The lowest BCUT2D eigenvalue weighted by atomic mass is 10.0. The maximum Gasteiger partial charge on any atom is 0.145 e. The van der Waals surface area contributed by atoms with Crippen LogP contribution in [0.25, 0.3) is 33.1 Å². The van der Waals surface area contributed by atoms with Gasteiger partial charge in [-0.25, -0.2) is 14.6 Å². The van der Waals surface area contributed by atoms with Crippen LogP contribution in [-0.4, -0.2) is 37.0 Å². The number of benzene rings is 1. The van der Waals surface area contributed by atoms with Crippen molar-refractivity contribution in [1.82, 2.24) is 29.9 Å². The monoisotopic (exact) mass is 459 g/mol. The second-order valence-electron chi connectivity index (χ2n) is 9.65. The van der Waals surface area contributed by atoms with Gasteiger partial charge in [0.1, 0.15) is 34.6 Å². The molecule has 4 aromatic heterocycles. The Morgan fingerprint density at radius 3 is 2.50 bits per heavy atom. The molecule has 0 saturated heterocycles. The number of hydrogen-bond acceptors (Lipinski definition) is 7. The molecular weight excluding hydrogens is 430 g/mol. The van der Waals surface area contributed by atoms with Crippen molar-refractivity contribution in [1.29, 1.82) is 0 Å². The molecule has 0 spiro atoms. The molecule has 4 heterocycles. The van der Waals surface area contributed by atoms with Gasteiger partial charge in [-0.1, -0.05) is 5.16 Å². The average molecular weight is 460 g/mol. The normalized spacial score (nSPS) is 12.1. The summed E-state index contributed by atoms with van der Waals surface area (Å²) in [5.74, 6) is 3.76. The van der Waals surface area contributed by atoms with Gasteiger partial charge in [0, 0.05) is 22.0 Å². The Labute approximate surface area is 197 Å². The number of hydrogen-bond donors (Lipinski definition) is 2. The average Bonchev–Trinajstić information content (AvgIpc) is 3.41. The third-order valence-electron chi connectivity index (χ3n) is 6.01. The molecule has 0 bridgehead atoms. The van der Waals surface area contributed by atoms with E-state index < -0.39 is 0 Å². The summed E-state index contributed by atoms with van der Waals surface area (Å²) in [6.07, 6.45) is 1.87. The van der Waals surface area contributed by atoms with Crippen molar-refractivity contribution in [3.8, 4) is 16.9 Å². The van der Waals surface area contributed by atoms with Gasteiger partial charge in [0.25, 0.3) is 0 Å². The molecular formula is C25H29N7O2. The van der Waals surface area contributed by atoms with E-state index in [1.165, 1.54) is 0 Å². The highest BCUT2D eigenvalue weighted by Gasteiger charge is 2.23. The Bertz CT molecular complexity index is 1530. The molecule has 0 saturated carbocycles. The smallest absolute Gasteiger partial charge is 0.145 e. The minimum atomic E-state index is -0.190. The molecule has 0 amide bonds. The molecule has 0 aliphatic rings. The fourth-order valence-corrected chi connectivity index (χ4v) is 4.46. The Balaban J connectivity index is 1.76. The highest BCUT2D eigenvalue weighted by atomic mass is 16.5. The summed E-state index contributed by atoms with van der Waals surface area (Å²) in [6, 6.07) is 4.08. The molecule has 0 radical (unpaired) electrons. The lowest BCUT2D eigenvalue weighted by Crippen LogP contribution is -2.24. The van der Waals surface area contributed by atoms with Gasteiger partial charge in [-0.3, -0.25) is 0 Å². The first-order valence-electron chi connectivity index (χ1n) is 11.2. The standard InChI is InChI=1S/C25H29N7O2/c1-12-11-26-32(25(5,6)7)24(12)30-23-21-16-10-19(33-8)17(20-13(2)31-34-14(20)3)9-18(16)29-22(21)27-15(4)28-23/h9-11H,1-8H3,(H2,27,28,29,30). The molecule has 176 valence electrons. The highest BCUT2D eigenvalue weighted by Crippen LogP contribution is 2.41. The molecule has 0 fully saturated rings. The molecule has 9 heteroatoms. The van der Waals surface area contributed by atoms with E-state index in [2.05, 4.69) is 52.4 Å². The largest absolute Gasteiger partial charge is 0.496 e. The van der Waals surface area contributed by atoms with Crippen LogP contribution in [0.15, 0.2) is 22.9 Å². The number of nitrogens with zero attached hydrogens (tertiary/aromatic N) is 5. The molecule has 2 N–H and O–H groups in total. The van der Waals surface area contributed by atoms with Crippen LogP contribution in [-0.2, 0) is 5.54 Å². The van der Waals surface area contributed by atoms with Gasteiger partial charge in [-0.15, -0.1) is 0 Å². The number of methoxy groups -OCH3 is 1. The first-order valence-corrected chi connectivity index (χ1v) is 11.2. The Morgan fingerprint density at radius 1 is 1.09 bits per heavy atom. The van der Waals surface area contributed by atoms with Crippen molar-refractivity contribution in [2.75, 3.05) is 12.4 Å². The molecule has 5 aromatic rings. The van der Waals surface area contributed by atoms with Crippen LogP contribution in [0.3, 0.4) is 0 Å². The second kappa shape index (κ2) is 7.58. The van der Waals surface area contributed by atoms with E-state index in [9.17, 15) is 0 Å². The minimum Gasteiger partial charge on any atom is -0.496 e. The van der Waals surface area contributed by atoms with Crippen LogP contribution in [0.1, 0.15) is 43.6 Å². The third-order valence-corrected chi connectivity index (χ3v) is 6.01. The summed E-state index contributed by atoms with van der Waals surface area (Å²) in [5, 5.41) is 14.1. The number of rotatable bonds is 4. The lowest BCUT2D eigenvalue weighted by Gasteiger charge is -2.23. The Morgan fingerprint density at radius 2 is 1.85 bits per heavy atom. The van der Waals surface area contributed by atoms with E-state index in [4.69, 9.17) is 14.2 Å². The zero-order valence-electron chi connectivity index (χ0n) is 20.8. The maximum atomic E-state index is 5.80. The zero-order valence-corrected chi connectivity index (χ0v) is 20.8. The topological polar surface area (TPSA) is 107 Å². The summed E-state index contributed by atoms with van der Waals surface area (Å²) < 4.78 is 13.2. The summed E-state index contributed by atoms with van der Waals surface area (Å²) in [6.45, 7) is 14.1. The van der Waals surface area contributed by atoms with Crippen LogP contribution < -0.4 is 10.1 Å². The number of aromatic amines is 1. The van der Waals surface area contributed by atoms with E-state index in [-0.39, 0.29) is 5.54 Å². The van der Waals surface area contributed by atoms with E-state index >= 15 is 0 Å². The first-order chi connectivity index (χ1) is 16.1. The highest BCUT2D eigenvalue weighted by molar-refractivity contribution is 6.13. The number of aromatic nitrogens is 6. The number of fused-ring (bicyclic) bond motifs is 3. The number of nitrogens with one attached hydrogen (secondary N) is 2. The number of H-pyrrole nitrogens is 1. The Kier molecular flexibility index (Phi) is 4.89. The van der Waals surface area contributed by atoms with E-state index in [1.807, 2.05) is 44.6 Å². The van der Waals surface area contributed by atoms with E-state index in [1.54, 1.807) is 7.11 Å². The fraction of sp³-hybridized carbons (Fsp3) is 0.360. The fourth-order valence-electron chi connectivity index (χ4n) is 4.46. The number of ether oxygens (including phenoxy) is 1. The predicted molar refractivity (Wildman–Crippen MR) is 133 cm³/mol. The van der Waals surface area contributed by atoms with Crippen LogP contribution in [0, 0.1) is 27.7 Å². The Hall–Kier alpha value is -3.88. The molecule has 0 aliphatic heterocycles. The van der Waals surface area contributed by atoms with Crippen molar-refractivity contribution >= 4 is 33.6 Å². The van der Waals surface area contributed by atoms with Gasteiger partial charge >= 0.3 is 0 Å². The van der Waals surface area contributed by atoms with Gasteiger partial charge in [0.05, 0.1) is 35.5 Å². The quantitative estimate of drug-likeness (QED) is 0.355. The van der Waals surface area contributed by atoms with Crippen LogP contribution in [0.5, 0.6) is 5.75 Å². The second-order valence-corrected chi connectivity index (χ2v) is 9.65. The molecule has 9 nitrogen and oxygen atoms in total. The molecule has 1 aromatic carbocycles. The van der Waals surface area contributed by atoms with Crippen molar-refractivity contribution in [2.24, 2.45) is 0 Å². The van der Waals surface area contributed by atoms with Crippen molar-refractivity contribution in [3.63, 3.8) is 0 Å². The zero-order chi connectivity index (χ0) is 24.4. The van der Waals surface area contributed by atoms with Crippen LogP contribution in [0.4, 0.5) is 11.6 Å². The summed E-state index contributed by atoms with van der Waals surface area (Å²) in [7, 11) is 1.67. The molecule has 34 heavy (non-hydrogen) atoms. The van der Waals surface area contributed by atoms with Crippen molar-refractivity contribution < 1.29 is 9.26 Å². The van der Waals surface area contributed by atoms with E-state index in [0.29, 0.717) is 5.82 Å². The van der Waals surface area contributed by atoms with E-state index in [0.717, 1.165) is 67.5 Å². The number of aryl methyl sites for hydroxylation is 4. The van der Waals surface area contributed by atoms with Gasteiger partial charge < -0.3 is 19.6 Å². The molecule has 0 aliphatic carbocycles. The van der Waals surface area contributed by atoms with Gasteiger partial charge in [-0.2, -0.15) is 5.10 Å². The SMILES string of the molecule is COc1cc2c(cc1-c1c(C)noc1C)[nH]c1nc(C)nc(Nc3c(C)cnn3C(C)(C)C)c12. The maximum absolute atomic E-state index is 5.80. The first kappa shape index (κ1) is 21.9. The predicted octanol–water partition coefficient (Wildman–Crippen LogP) is 5.70. The minimum absolute atomic E-state index is 0.190. The van der Waals surface area contributed by atoms with Gasteiger partial charge in [0.2, 0.25) is 0 Å². The lowest BCUT2D eigenvalue weighted by molar-refractivity contribution is 0.361. The van der Waals surface area contributed by atoms with Crippen LogP contribution in [0.2, 0.25) is 0 Å². The van der Waals surface area contributed by atoms with Gasteiger partial charge in [0.15, 0.2) is 0 Å². The summed E-state index contributed by atoms with van der Waals surface area (Å²) in [4.78, 5) is 12.9. The molecule has 0 atom stereocenters. The summed E-state index contributed by atoms with van der Waals surface area (Å²) in [5.41, 5.74) is 5.19. The van der Waals surface area contributed by atoms with Crippen molar-refractivity contribution in [2.45, 2.75) is 54.0 Å². The molecule has 5 rings (SSSR count). The third kappa shape index (κ3) is 3.39. The van der Waals surface area contributed by atoms with Crippen LogP contribution >= 0.6 is 0 Å².